The normalized spacial score (nSPS) is 34.8. The van der Waals surface area contributed by atoms with Crippen LogP contribution in [-0.2, 0) is 11.0 Å². The molecule has 4 unspecified atom stereocenters. The molecule has 2 nitrogen and oxygen atoms in total. The monoisotopic (exact) mass is 422 g/mol. The minimum atomic E-state index is -4.38. The van der Waals surface area contributed by atoms with Gasteiger partial charge in [0, 0.05) is 0 Å². The third-order valence-corrected chi connectivity index (χ3v) is 8.09. The third kappa shape index (κ3) is 5.03. The van der Waals surface area contributed by atoms with Gasteiger partial charge in [-0.2, -0.15) is 13.2 Å². The Bertz CT molecular complexity index is 719. The van der Waals surface area contributed by atoms with Gasteiger partial charge in [0.2, 0.25) is 0 Å². The summed E-state index contributed by atoms with van der Waals surface area (Å²) >= 11 is 0. The molecule has 0 amide bonds. The van der Waals surface area contributed by atoms with Crippen LogP contribution < -0.4 is 4.74 Å². The van der Waals surface area contributed by atoms with Gasteiger partial charge >= 0.3 is 12.1 Å². The van der Waals surface area contributed by atoms with Gasteiger partial charge in [0.25, 0.3) is 0 Å². The third-order valence-electron chi connectivity index (χ3n) is 8.09. The fourth-order valence-electron chi connectivity index (χ4n) is 6.33. The molecular weight excluding hydrogens is 389 g/mol. The number of carbonyl (C=O) groups excluding carboxylic acids is 1. The lowest BCUT2D eigenvalue weighted by Gasteiger charge is -2.44. The van der Waals surface area contributed by atoms with Crippen molar-refractivity contribution in [1.82, 2.24) is 0 Å². The van der Waals surface area contributed by atoms with E-state index in [0.29, 0.717) is 0 Å². The molecule has 0 aliphatic heterocycles. The Labute approximate surface area is 177 Å². The molecule has 4 atom stereocenters. The van der Waals surface area contributed by atoms with Crippen LogP contribution in [0.25, 0.3) is 0 Å². The summed E-state index contributed by atoms with van der Waals surface area (Å²) in [5.41, 5.74) is -0.732. The molecule has 3 aliphatic rings. The predicted molar refractivity (Wildman–Crippen MR) is 110 cm³/mol. The number of esters is 1. The van der Waals surface area contributed by atoms with Gasteiger partial charge in [-0.15, -0.1) is 0 Å². The zero-order chi connectivity index (χ0) is 21.3. The van der Waals surface area contributed by atoms with Crippen molar-refractivity contribution in [1.29, 1.82) is 0 Å². The van der Waals surface area contributed by atoms with Crippen LogP contribution >= 0.6 is 0 Å². The average molecular weight is 423 g/mol. The van der Waals surface area contributed by atoms with E-state index >= 15 is 0 Å². The minimum Gasteiger partial charge on any atom is -0.426 e. The molecule has 3 fully saturated rings. The summed E-state index contributed by atoms with van der Waals surface area (Å²) in [5, 5.41) is 0. The highest BCUT2D eigenvalue weighted by Crippen LogP contribution is 2.49. The maximum Gasteiger partial charge on any atom is 0.416 e. The Hall–Kier alpha value is -1.52. The fourth-order valence-corrected chi connectivity index (χ4v) is 6.33. The first-order valence-electron chi connectivity index (χ1n) is 11.7. The molecule has 3 aliphatic carbocycles. The second-order valence-corrected chi connectivity index (χ2v) is 10.1. The van der Waals surface area contributed by atoms with Crippen molar-refractivity contribution in [2.24, 2.45) is 35.5 Å². The van der Waals surface area contributed by atoms with Crippen LogP contribution in [0.3, 0.4) is 0 Å². The van der Waals surface area contributed by atoms with Gasteiger partial charge in [-0.1, -0.05) is 13.3 Å². The van der Waals surface area contributed by atoms with Crippen LogP contribution in [0.4, 0.5) is 13.2 Å². The molecule has 0 saturated heterocycles. The van der Waals surface area contributed by atoms with Gasteiger partial charge in [0.15, 0.2) is 0 Å². The van der Waals surface area contributed by atoms with Gasteiger partial charge in [-0.05, 0) is 112 Å². The number of hydrogen-bond donors (Lipinski definition) is 0. The van der Waals surface area contributed by atoms with E-state index in [2.05, 4.69) is 6.92 Å². The quantitative estimate of drug-likeness (QED) is 0.378. The van der Waals surface area contributed by atoms with E-state index in [4.69, 9.17) is 4.74 Å². The number of benzene rings is 1. The molecular formula is C25H33F3O2. The lowest BCUT2D eigenvalue weighted by atomic mass is 9.61. The summed E-state index contributed by atoms with van der Waals surface area (Å²) in [7, 11) is 0. The van der Waals surface area contributed by atoms with Crippen molar-refractivity contribution in [3.05, 3.63) is 29.8 Å². The zero-order valence-corrected chi connectivity index (χ0v) is 17.8. The standard InChI is InChI=1S/C25H33F3O2/c1-16-2-3-21-15-20(9-8-19(21)14-16)17-4-6-18(7-5-17)24(29)30-23-12-10-22(11-13-23)25(26,27)28/h10-13,16-21H,2-9,14-15H2,1H3. The number of halogens is 3. The molecule has 0 aromatic heterocycles. The summed E-state index contributed by atoms with van der Waals surface area (Å²) in [6.07, 6.45) is 7.76. The number of ether oxygens (including phenoxy) is 1. The number of hydrogen-bond acceptors (Lipinski definition) is 2. The molecule has 0 heterocycles. The first-order chi connectivity index (χ1) is 14.3. The second-order valence-electron chi connectivity index (χ2n) is 10.1. The number of alkyl halides is 3. The molecule has 1 aromatic rings. The Kier molecular flexibility index (Phi) is 6.45. The number of rotatable bonds is 3. The molecule has 5 heteroatoms. The molecule has 0 radical (unpaired) electrons. The minimum absolute atomic E-state index is 0.129. The van der Waals surface area contributed by atoms with Gasteiger partial charge in [0.1, 0.15) is 5.75 Å². The van der Waals surface area contributed by atoms with E-state index in [-0.39, 0.29) is 17.6 Å². The second kappa shape index (κ2) is 8.92. The van der Waals surface area contributed by atoms with E-state index < -0.39 is 11.7 Å². The highest BCUT2D eigenvalue weighted by atomic mass is 19.4. The molecule has 0 bridgehead atoms. The van der Waals surface area contributed by atoms with Gasteiger partial charge in [-0.3, -0.25) is 4.79 Å². The fraction of sp³-hybridized carbons (Fsp3) is 0.720. The Balaban J connectivity index is 1.25. The topological polar surface area (TPSA) is 26.3 Å². The Morgan fingerprint density at radius 3 is 1.97 bits per heavy atom. The van der Waals surface area contributed by atoms with Crippen LogP contribution in [0.2, 0.25) is 0 Å². The molecule has 0 spiro atoms. The molecule has 4 rings (SSSR count). The summed E-state index contributed by atoms with van der Waals surface area (Å²) in [6, 6.07) is 4.38. The number of carbonyl (C=O) groups is 1. The summed E-state index contributed by atoms with van der Waals surface area (Å²) in [5.74, 6) is 4.07. The van der Waals surface area contributed by atoms with E-state index in [1.54, 1.807) is 0 Å². The predicted octanol–water partition coefficient (Wildman–Crippen LogP) is 7.27. The number of fused-ring (bicyclic) bond motifs is 1. The van der Waals surface area contributed by atoms with Crippen LogP contribution in [0.1, 0.15) is 76.7 Å². The van der Waals surface area contributed by atoms with Gasteiger partial charge in [-0.25, -0.2) is 0 Å². The van der Waals surface area contributed by atoms with E-state index in [1.165, 1.54) is 50.7 Å². The zero-order valence-electron chi connectivity index (χ0n) is 17.8. The highest BCUT2D eigenvalue weighted by molar-refractivity contribution is 5.75. The summed E-state index contributed by atoms with van der Waals surface area (Å²) < 4.78 is 43.4. The SMILES string of the molecule is CC1CCC2CC(C3CCC(C(=O)Oc4ccc(C(F)(F)F)cc4)CC3)CCC2C1. The first-order valence-corrected chi connectivity index (χ1v) is 11.7. The molecule has 3 saturated carbocycles. The highest BCUT2D eigenvalue weighted by Gasteiger charge is 2.39. The Morgan fingerprint density at radius 1 is 0.800 bits per heavy atom. The summed E-state index contributed by atoms with van der Waals surface area (Å²) in [4.78, 5) is 12.5. The largest absolute Gasteiger partial charge is 0.426 e. The summed E-state index contributed by atoms with van der Waals surface area (Å²) in [6.45, 7) is 2.40. The van der Waals surface area contributed by atoms with E-state index in [0.717, 1.165) is 67.4 Å². The average Bonchev–Trinajstić information content (AvgIpc) is 2.73. The van der Waals surface area contributed by atoms with Crippen molar-refractivity contribution in [2.45, 2.75) is 77.3 Å². The van der Waals surface area contributed by atoms with Crippen molar-refractivity contribution in [3.63, 3.8) is 0 Å². The van der Waals surface area contributed by atoms with E-state index in [1.807, 2.05) is 0 Å². The first kappa shape index (κ1) is 21.7. The van der Waals surface area contributed by atoms with Crippen molar-refractivity contribution >= 4 is 5.97 Å². The van der Waals surface area contributed by atoms with Crippen LogP contribution in [-0.4, -0.2) is 5.97 Å². The van der Waals surface area contributed by atoms with E-state index in [9.17, 15) is 18.0 Å². The smallest absolute Gasteiger partial charge is 0.416 e. The maximum absolute atomic E-state index is 12.7. The van der Waals surface area contributed by atoms with Crippen molar-refractivity contribution in [2.75, 3.05) is 0 Å². The lowest BCUT2D eigenvalue weighted by Crippen LogP contribution is -2.35. The van der Waals surface area contributed by atoms with Crippen LogP contribution in [0.15, 0.2) is 24.3 Å². The van der Waals surface area contributed by atoms with Gasteiger partial charge in [0.05, 0.1) is 11.5 Å². The molecule has 30 heavy (non-hydrogen) atoms. The van der Waals surface area contributed by atoms with Crippen molar-refractivity contribution < 1.29 is 22.7 Å². The molecule has 0 N–H and O–H groups in total. The van der Waals surface area contributed by atoms with Gasteiger partial charge < -0.3 is 4.74 Å². The molecule has 166 valence electrons. The maximum atomic E-state index is 12.7. The van der Waals surface area contributed by atoms with Crippen LogP contribution in [0, 0.1) is 35.5 Å². The van der Waals surface area contributed by atoms with Crippen LogP contribution in [0.5, 0.6) is 5.75 Å². The molecule has 1 aromatic carbocycles. The van der Waals surface area contributed by atoms with Crippen molar-refractivity contribution in [3.8, 4) is 5.75 Å². The Morgan fingerprint density at radius 2 is 1.33 bits per heavy atom. The lowest BCUT2D eigenvalue weighted by molar-refractivity contribution is -0.140.